The molecule has 2 atom stereocenters. The van der Waals surface area contributed by atoms with Crippen molar-refractivity contribution in [3.05, 3.63) is 46.2 Å². The van der Waals surface area contributed by atoms with Gasteiger partial charge in [0.2, 0.25) is 0 Å². The van der Waals surface area contributed by atoms with E-state index in [2.05, 4.69) is 10.4 Å². The standard InChI is InChI=1S/C19H21ClN4O3S/c1-11-16(17(20)24(22-11)13-8-9-28(26,27)10-13)18-21-15-5-3-2-4-14(15)19(25)23(18)12-6-7-12/h2-5,12-13,18,21H,6-10H2,1H3/t13-,18-/m0/s1. The van der Waals surface area contributed by atoms with Crippen molar-refractivity contribution >= 4 is 33.0 Å². The van der Waals surface area contributed by atoms with E-state index in [1.54, 1.807) is 4.68 Å². The lowest BCUT2D eigenvalue weighted by Crippen LogP contribution is -2.44. The summed E-state index contributed by atoms with van der Waals surface area (Å²) in [5.41, 5.74) is 2.90. The van der Waals surface area contributed by atoms with Crippen LogP contribution in [0.2, 0.25) is 5.15 Å². The van der Waals surface area contributed by atoms with E-state index >= 15 is 0 Å². The van der Waals surface area contributed by atoms with E-state index in [1.165, 1.54) is 0 Å². The molecule has 1 aliphatic carbocycles. The van der Waals surface area contributed by atoms with Crippen molar-refractivity contribution < 1.29 is 13.2 Å². The van der Waals surface area contributed by atoms with Crippen molar-refractivity contribution in [3.8, 4) is 0 Å². The molecule has 1 N–H and O–H groups in total. The Hall–Kier alpha value is -2.06. The van der Waals surface area contributed by atoms with E-state index in [9.17, 15) is 13.2 Å². The summed E-state index contributed by atoms with van der Waals surface area (Å²) in [5.74, 6) is 0.206. The van der Waals surface area contributed by atoms with Gasteiger partial charge < -0.3 is 10.2 Å². The Balaban J connectivity index is 1.58. The molecule has 2 aliphatic heterocycles. The van der Waals surface area contributed by atoms with Crippen LogP contribution in [0.5, 0.6) is 0 Å². The van der Waals surface area contributed by atoms with E-state index in [0.717, 1.165) is 24.1 Å². The Morgan fingerprint density at radius 2 is 1.93 bits per heavy atom. The van der Waals surface area contributed by atoms with Gasteiger partial charge in [-0.3, -0.25) is 4.79 Å². The van der Waals surface area contributed by atoms with Crippen LogP contribution < -0.4 is 5.32 Å². The minimum Gasteiger partial charge on any atom is -0.361 e. The SMILES string of the molecule is Cc1nn([C@H]2CCS(=O)(=O)C2)c(Cl)c1[C@H]1Nc2ccccc2C(=O)N1C1CC1. The molecule has 9 heteroatoms. The second kappa shape index (κ2) is 6.22. The van der Waals surface area contributed by atoms with Crippen LogP contribution >= 0.6 is 11.6 Å². The third kappa shape index (κ3) is 2.81. The number of halogens is 1. The molecule has 28 heavy (non-hydrogen) atoms. The van der Waals surface area contributed by atoms with Gasteiger partial charge in [0.1, 0.15) is 11.3 Å². The number of amides is 1. The third-order valence-corrected chi connectivity index (χ3v) is 7.93. The maximum absolute atomic E-state index is 13.2. The topological polar surface area (TPSA) is 84.3 Å². The summed E-state index contributed by atoms with van der Waals surface area (Å²) in [6.45, 7) is 1.86. The van der Waals surface area contributed by atoms with Gasteiger partial charge in [0.05, 0.1) is 34.4 Å². The van der Waals surface area contributed by atoms with E-state index in [1.807, 2.05) is 36.1 Å². The number of rotatable bonds is 3. The molecule has 2 aromatic rings. The van der Waals surface area contributed by atoms with E-state index < -0.39 is 16.0 Å². The summed E-state index contributed by atoms with van der Waals surface area (Å²) in [5, 5.41) is 8.45. The number of hydrogen-bond donors (Lipinski definition) is 1. The second-order valence-electron chi connectivity index (χ2n) is 7.83. The molecule has 148 valence electrons. The number of aromatic nitrogens is 2. The summed E-state index contributed by atoms with van der Waals surface area (Å²) in [7, 11) is -3.05. The van der Waals surface area contributed by atoms with Gasteiger partial charge in [-0.25, -0.2) is 13.1 Å². The van der Waals surface area contributed by atoms with E-state index in [-0.39, 0.29) is 29.5 Å². The monoisotopic (exact) mass is 420 g/mol. The minimum absolute atomic E-state index is 0.00601. The number of nitrogens with zero attached hydrogens (tertiary/aromatic N) is 3. The Kier molecular flexibility index (Phi) is 4.00. The van der Waals surface area contributed by atoms with Gasteiger partial charge in [0.25, 0.3) is 5.91 Å². The van der Waals surface area contributed by atoms with Crippen molar-refractivity contribution in [2.45, 2.75) is 44.4 Å². The van der Waals surface area contributed by atoms with Gasteiger partial charge in [-0.15, -0.1) is 0 Å². The molecule has 0 spiro atoms. The number of para-hydroxylation sites is 1. The highest BCUT2D eigenvalue weighted by Crippen LogP contribution is 2.44. The highest BCUT2D eigenvalue weighted by Gasteiger charge is 2.44. The Labute approximate surface area is 168 Å². The average molecular weight is 421 g/mol. The number of carbonyl (C=O) groups is 1. The molecule has 2 fully saturated rings. The molecule has 1 aromatic heterocycles. The maximum atomic E-state index is 13.2. The Morgan fingerprint density at radius 1 is 1.18 bits per heavy atom. The molecular formula is C19H21ClN4O3S. The predicted octanol–water partition coefficient (Wildman–Crippen LogP) is 2.93. The smallest absolute Gasteiger partial charge is 0.258 e. The van der Waals surface area contributed by atoms with Gasteiger partial charge >= 0.3 is 0 Å². The first-order chi connectivity index (χ1) is 13.4. The first-order valence-electron chi connectivity index (χ1n) is 9.49. The zero-order valence-electron chi connectivity index (χ0n) is 15.4. The molecule has 0 radical (unpaired) electrons. The Morgan fingerprint density at radius 3 is 2.61 bits per heavy atom. The molecule has 3 heterocycles. The number of carbonyl (C=O) groups excluding carboxylic acids is 1. The lowest BCUT2D eigenvalue weighted by Gasteiger charge is -2.38. The summed E-state index contributed by atoms with van der Waals surface area (Å²) in [4.78, 5) is 15.1. The van der Waals surface area contributed by atoms with Crippen LogP contribution in [0.4, 0.5) is 5.69 Å². The first kappa shape index (κ1) is 18.0. The normalized spacial score (nSPS) is 26.2. The summed E-state index contributed by atoms with van der Waals surface area (Å²) in [6.07, 6.45) is 2.04. The van der Waals surface area contributed by atoms with Gasteiger partial charge in [-0.2, -0.15) is 5.10 Å². The van der Waals surface area contributed by atoms with Gasteiger partial charge in [0, 0.05) is 11.7 Å². The number of nitrogens with one attached hydrogen (secondary N) is 1. The summed E-state index contributed by atoms with van der Waals surface area (Å²) < 4.78 is 25.4. The number of hydrogen-bond acceptors (Lipinski definition) is 5. The average Bonchev–Trinajstić information content (AvgIpc) is 3.35. The zero-order valence-corrected chi connectivity index (χ0v) is 17.0. The van der Waals surface area contributed by atoms with Crippen molar-refractivity contribution in [2.75, 3.05) is 16.8 Å². The van der Waals surface area contributed by atoms with Gasteiger partial charge in [0.15, 0.2) is 9.84 Å². The van der Waals surface area contributed by atoms with Gasteiger partial charge in [-0.05, 0) is 38.3 Å². The molecule has 1 saturated heterocycles. The molecule has 1 saturated carbocycles. The quantitative estimate of drug-likeness (QED) is 0.825. The number of sulfone groups is 1. The molecule has 1 amide bonds. The van der Waals surface area contributed by atoms with E-state index in [4.69, 9.17) is 11.6 Å². The number of anilines is 1. The fraction of sp³-hybridized carbons (Fsp3) is 0.474. The molecule has 5 rings (SSSR count). The second-order valence-corrected chi connectivity index (χ2v) is 10.4. The van der Waals surface area contributed by atoms with Crippen molar-refractivity contribution in [2.24, 2.45) is 0 Å². The highest BCUT2D eigenvalue weighted by atomic mass is 35.5. The third-order valence-electron chi connectivity index (χ3n) is 5.80. The number of benzene rings is 1. The van der Waals surface area contributed by atoms with Crippen LogP contribution in [0.3, 0.4) is 0 Å². The van der Waals surface area contributed by atoms with Crippen LogP contribution in [0.25, 0.3) is 0 Å². The maximum Gasteiger partial charge on any atom is 0.258 e. The molecule has 3 aliphatic rings. The van der Waals surface area contributed by atoms with Crippen LogP contribution in [0, 0.1) is 6.92 Å². The van der Waals surface area contributed by atoms with E-state index in [0.29, 0.717) is 22.8 Å². The van der Waals surface area contributed by atoms with Crippen LogP contribution in [-0.4, -0.2) is 46.6 Å². The molecule has 7 nitrogen and oxygen atoms in total. The first-order valence-corrected chi connectivity index (χ1v) is 11.7. The number of fused-ring (bicyclic) bond motifs is 1. The van der Waals surface area contributed by atoms with Crippen molar-refractivity contribution in [1.29, 1.82) is 0 Å². The largest absolute Gasteiger partial charge is 0.361 e. The molecule has 0 unspecified atom stereocenters. The zero-order chi connectivity index (χ0) is 19.6. The molecular weight excluding hydrogens is 400 g/mol. The summed E-state index contributed by atoms with van der Waals surface area (Å²) in [6, 6.07) is 7.40. The lowest BCUT2D eigenvalue weighted by atomic mass is 10.0. The summed E-state index contributed by atoms with van der Waals surface area (Å²) >= 11 is 6.73. The van der Waals surface area contributed by atoms with Crippen molar-refractivity contribution in [1.82, 2.24) is 14.7 Å². The van der Waals surface area contributed by atoms with Crippen LogP contribution in [0.1, 0.15) is 53.1 Å². The lowest BCUT2D eigenvalue weighted by molar-refractivity contribution is 0.0666. The fourth-order valence-corrected chi connectivity index (χ4v) is 6.37. The van der Waals surface area contributed by atoms with Crippen LogP contribution in [0.15, 0.2) is 24.3 Å². The minimum atomic E-state index is -3.05. The highest BCUT2D eigenvalue weighted by molar-refractivity contribution is 7.91. The molecule has 0 bridgehead atoms. The molecule has 1 aromatic carbocycles. The Bertz CT molecular complexity index is 1080. The number of aryl methyl sites for hydroxylation is 1. The van der Waals surface area contributed by atoms with Gasteiger partial charge in [-0.1, -0.05) is 23.7 Å². The predicted molar refractivity (Wildman–Crippen MR) is 106 cm³/mol. The fourth-order valence-electron chi connectivity index (χ4n) is 4.26. The van der Waals surface area contributed by atoms with Crippen LogP contribution in [-0.2, 0) is 9.84 Å². The van der Waals surface area contributed by atoms with Crippen molar-refractivity contribution in [3.63, 3.8) is 0 Å².